The van der Waals surface area contributed by atoms with Gasteiger partial charge in [0, 0.05) is 44.0 Å². The Bertz CT molecular complexity index is 624. The fourth-order valence-electron chi connectivity index (χ4n) is 2.71. The number of aryl methyl sites for hydroxylation is 1. The number of hydrogen-bond donors (Lipinski definition) is 0. The molecule has 7 heteroatoms. The second kappa shape index (κ2) is 6.48. The number of imidazole rings is 1. The Morgan fingerprint density at radius 3 is 2.86 bits per heavy atom. The maximum atomic E-state index is 12.6. The molecule has 118 valence electrons. The summed E-state index contributed by atoms with van der Waals surface area (Å²) in [6.07, 6.45) is 6.22. The number of thiazole rings is 1. The first-order valence-electron chi connectivity index (χ1n) is 7.58. The van der Waals surface area contributed by atoms with Crippen molar-refractivity contribution < 1.29 is 4.79 Å². The molecule has 0 bridgehead atoms. The molecule has 1 aliphatic rings. The highest BCUT2D eigenvalue weighted by Crippen LogP contribution is 2.22. The van der Waals surface area contributed by atoms with Gasteiger partial charge >= 0.3 is 0 Å². The van der Waals surface area contributed by atoms with E-state index in [9.17, 15) is 4.79 Å². The molecule has 3 heterocycles. The van der Waals surface area contributed by atoms with Gasteiger partial charge in [0.2, 0.25) is 5.91 Å². The van der Waals surface area contributed by atoms with Gasteiger partial charge in [-0.15, -0.1) is 11.3 Å². The van der Waals surface area contributed by atoms with Crippen molar-refractivity contribution in [3.8, 4) is 0 Å². The molecule has 1 saturated heterocycles. The fourth-order valence-corrected chi connectivity index (χ4v) is 3.56. The summed E-state index contributed by atoms with van der Waals surface area (Å²) in [6, 6.07) is -0.198. The van der Waals surface area contributed by atoms with Gasteiger partial charge in [0.1, 0.15) is 6.04 Å². The number of anilines is 1. The third-order valence-corrected chi connectivity index (χ3v) is 5.03. The summed E-state index contributed by atoms with van der Waals surface area (Å²) in [5.74, 6) is 0.162. The first-order valence-corrected chi connectivity index (χ1v) is 8.46. The van der Waals surface area contributed by atoms with Gasteiger partial charge in [-0.2, -0.15) is 0 Å². The molecule has 6 nitrogen and oxygen atoms in total. The molecule has 0 aliphatic carbocycles. The van der Waals surface area contributed by atoms with E-state index in [0.717, 1.165) is 43.4 Å². The van der Waals surface area contributed by atoms with E-state index in [4.69, 9.17) is 0 Å². The standard InChI is InChI=1S/C15H21N5OS/c1-12-10-22-15(17-12)19-6-3-5-18(8-9-19)14(21)13(2)20-7-4-16-11-20/h4,7,10-11,13H,3,5-6,8-9H2,1-2H3/t13-/m1/s1. The van der Waals surface area contributed by atoms with Crippen molar-refractivity contribution in [2.24, 2.45) is 0 Å². The van der Waals surface area contributed by atoms with Crippen LogP contribution in [0.4, 0.5) is 5.13 Å². The average molecular weight is 319 g/mol. The van der Waals surface area contributed by atoms with E-state index >= 15 is 0 Å². The Morgan fingerprint density at radius 2 is 2.18 bits per heavy atom. The lowest BCUT2D eigenvalue weighted by Crippen LogP contribution is -2.38. The van der Waals surface area contributed by atoms with Crippen LogP contribution < -0.4 is 4.90 Å². The predicted molar refractivity (Wildman–Crippen MR) is 87.2 cm³/mol. The SMILES string of the molecule is Cc1csc(N2CCCN(C(=O)[C@@H](C)n3ccnc3)CC2)n1. The molecule has 0 aromatic carbocycles. The molecule has 22 heavy (non-hydrogen) atoms. The van der Waals surface area contributed by atoms with Gasteiger partial charge in [0.25, 0.3) is 0 Å². The molecule has 1 atom stereocenters. The van der Waals surface area contributed by atoms with Crippen LogP contribution in [0, 0.1) is 6.92 Å². The smallest absolute Gasteiger partial charge is 0.245 e. The summed E-state index contributed by atoms with van der Waals surface area (Å²) in [5.41, 5.74) is 1.06. The highest BCUT2D eigenvalue weighted by Gasteiger charge is 2.24. The minimum absolute atomic E-state index is 0.162. The number of aromatic nitrogens is 3. The van der Waals surface area contributed by atoms with Crippen molar-refractivity contribution in [2.45, 2.75) is 26.3 Å². The molecule has 2 aromatic heterocycles. The van der Waals surface area contributed by atoms with Crippen LogP contribution in [0.5, 0.6) is 0 Å². The van der Waals surface area contributed by atoms with Crippen LogP contribution in [-0.4, -0.2) is 51.5 Å². The minimum Gasteiger partial charge on any atom is -0.346 e. The molecular formula is C15H21N5OS. The van der Waals surface area contributed by atoms with E-state index in [1.54, 1.807) is 23.9 Å². The van der Waals surface area contributed by atoms with Crippen LogP contribution in [0.2, 0.25) is 0 Å². The summed E-state index contributed by atoms with van der Waals surface area (Å²) < 4.78 is 1.86. The van der Waals surface area contributed by atoms with Gasteiger partial charge in [-0.25, -0.2) is 9.97 Å². The molecule has 1 amide bonds. The molecule has 1 fully saturated rings. The lowest BCUT2D eigenvalue weighted by Gasteiger charge is -2.25. The maximum absolute atomic E-state index is 12.6. The molecule has 0 saturated carbocycles. The van der Waals surface area contributed by atoms with E-state index < -0.39 is 0 Å². The molecule has 0 unspecified atom stereocenters. The predicted octanol–water partition coefficient (Wildman–Crippen LogP) is 1.95. The fraction of sp³-hybridized carbons (Fsp3) is 0.533. The summed E-state index contributed by atoms with van der Waals surface area (Å²) in [4.78, 5) is 25.5. The van der Waals surface area contributed by atoms with Crippen molar-refractivity contribution in [1.29, 1.82) is 0 Å². The Balaban J connectivity index is 1.63. The number of rotatable bonds is 3. The Kier molecular flexibility index (Phi) is 4.42. The first-order chi connectivity index (χ1) is 10.6. The van der Waals surface area contributed by atoms with Gasteiger partial charge in [-0.1, -0.05) is 0 Å². The van der Waals surface area contributed by atoms with E-state index in [1.165, 1.54) is 0 Å². The quantitative estimate of drug-likeness (QED) is 0.868. The van der Waals surface area contributed by atoms with E-state index in [0.29, 0.717) is 0 Å². The van der Waals surface area contributed by atoms with Gasteiger partial charge in [0.15, 0.2) is 5.13 Å². The van der Waals surface area contributed by atoms with E-state index in [2.05, 4.69) is 20.2 Å². The lowest BCUT2D eigenvalue weighted by molar-refractivity contribution is -0.134. The number of amides is 1. The van der Waals surface area contributed by atoms with Crippen molar-refractivity contribution in [1.82, 2.24) is 19.4 Å². The number of carbonyl (C=O) groups is 1. The van der Waals surface area contributed by atoms with Crippen molar-refractivity contribution in [3.63, 3.8) is 0 Å². The summed E-state index contributed by atoms with van der Waals surface area (Å²) in [7, 11) is 0. The van der Waals surface area contributed by atoms with Crippen molar-refractivity contribution >= 4 is 22.4 Å². The van der Waals surface area contributed by atoms with Gasteiger partial charge in [0.05, 0.1) is 12.0 Å². The van der Waals surface area contributed by atoms with E-state index in [1.807, 2.05) is 29.5 Å². The molecular weight excluding hydrogens is 298 g/mol. The van der Waals surface area contributed by atoms with Crippen molar-refractivity contribution in [2.75, 3.05) is 31.1 Å². The zero-order chi connectivity index (χ0) is 15.5. The topological polar surface area (TPSA) is 54.3 Å². The summed E-state index contributed by atoms with van der Waals surface area (Å²) in [6.45, 7) is 7.29. The Morgan fingerprint density at radius 1 is 1.32 bits per heavy atom. The third kappa shape index (κ3) is 3.14. The average Bonchev–Trinajstić information content (AvgIpc) is 3.13. The minimum atomic E-state index is -0.198. The highest BCUT2D eigenvalue weighted by atomic mass is 32.1. The zero-order valence-electron chi connectivity index (χ0n) is 13.0. The number of hydrogen-bond acceptors (Lipinski definition) is 5. The maximum Gasteiger partial charge on any atom is 0.245 e. The van der Waals surface area contributed by atoms with Crippen LogP contribution in [0.1, 0.15) is 25.1 Å². The Hall–Kier alpha value is -1.89. The summed E-state index contributed by atoms with van der Waals surface area (Å²) in [5, 5.41) is 3.14. The zero-order valence-corrected chi connectivity index (χ0v) is 13.8. The first kappa shape index (κ1) is 15.0. The third-order valence-electron chi connectivity index (χ3n) is 4.01. The van der Waals surface area contributed by atoms with Crippen LogP contribution >= 0.6 is 11.3 Å². The molecule has 2 aromatic rings. The summed E-state index contributed by atoms with van der Waals surface area (Å²) >= 11 is 1.68. The van der Waals surface area contributed by atoms with Crippen molar-refractivity contribution in [3.05, 3.63) is 29.8 Å². The van der Waals surface area contributed by atoms with Crippen LogP contribution in [0.25, 0.3) is 0 Å². The molecule has 3 rings (SSSR count). The number of nitrogens with zero attached hydrogens (tertiary/aromatic N) is 5. The lowest BCUT2D eigenvalue weighted by atomic mass is 10.2. The molecule has 0 N–H and O–H groups in total. The van der Waals surface area contributed by atoms with Crippen LogP contribution in [0.15, 0.2) is 24.1 Å². The molecule has 0 radical (unpaired) electrons. The largest absolute Gasteiger partial charge is 0.346 e. The van der Waals surface area contributed by atoms with Gasteiger partial charge in [-0.05, 0) is 20.3 Å². The van der Waals surface area contributed by atoms with Gasteiger partial charge < -0.3 is 14.4 Å². The normalized spacial score (nSPS) is 17.4. The molecule has 0 spiro atoms. The van der Waals surface area contributed by atoms with Gasteiger partial charge in [-0.3, -0.25) is 4.79 Å². The monoisotopic (exact) mass is 319 g/mol. The van der Waals surface area contributed by atoms with Crippen LogP contribution in [0.3, 0.4) is 0 Å². The van der Waals surface area contributed by atoms with Crippen LogP contribution in [-0.2, 0) is 4.79 Å². The van der Waals surface area contributed by atoms with E-state index in [-0.39, 0.29) is 11.9 Å². The Labute approximate surface area is 134 Å². The number of carbonyl (C=O) groups excluding carboxylic acids is 1. The second-order valence-corrected chi connectivity index (χ2v) is 6.46. The highest BCUT2D eigenvalue weighted by molar-refractivity contribution is 7.13. The molecule has 1 aliphatic heterocycles. The second-order valence-electron chi connectivity index (χ2n) is 5.62.